The third-order valence-electron chi connectivity index (χ3n) is 2.84. The van der Waals surface area contributed by atoms with Crippen molar-refractivity contribution in [2.75, 3.05) is 0 Å². The summed E-state index contributed by atoms with van der Waals surface area (Å²) in [5.74, 6) is -1.84. The third-order valence-corrected chi connectivity index (χ3v) is 2.84. The first kappa shape index (κ1) is 14.3. The van der Waals surface area contributed by atoms with Crippen LogP contribution in [-0.4, -0.2) is 21.6 Å². The van der Waals surface area contributed by atoms with E-state index in [1.54, 1.807) is 24.3 Å². The number of rotatable bonds is 4. The SMILES string of the molecule is O=C(c1ccn(Cc2ccc(CO)cc2)c1)C(F)(F)F. The van der Waals surface area contributed by atoms with E-state index in [0.717, 1.165) is 17.2 Å². The molecule has 1 heterocycles. The monoisotopic (exact) mass is 283 g/mol. The topological polar surface area (TPSA) is 42.2 Å². The molecule has 0 spiro atoms. The Morgan fingerprint density at radius 2 is 1.70 bits per heavy atom. The Morgan fingerprint density at radius 1 is 1.10 bits per heavy atom. The van der Waals surface area contributed by atoms with Crippen LogP contribution in [0.3, 0.4) is 0 Å². The highest BCUT2D eigenvalue weighted by atomic mass is 19.4. The average molecular weight is 283 g/mol. The second-order valence-corrected chi connectivity index (χ2v) is 4.37. The minimum absolute atomic E-state index is 0.0615. The van der Waals surface area contributed by atoms with Gasteiger partial charge in [-0.05, 0) is 17.2 Å². The van der Waals surface area contributed by atoms with Crippen LogP contribution in [0.5, 0.6) is 0 Å². The first-order chi connectivity index (χ1) is 9.40. The molecule has 0 amide bonds. The predicted molar refractivity (Wildman–Crippen MR) is 66.3 cm³/mol. The van der Waals surface area contributed by atoms with E-state index in [2.05, 4.69) is 0 Å². The van der Waals surface area contributed by atoms with Gasteiger partial charge < -0.3 is 9.67 Å². The van der Waals surface area contributed by atoms with Gasteiger partial charge in [-0.2, -0.15) is 13.2 Å². The number of halogens is 3. The first-order valence-electron chi connectivity index (χ1n) is 5.86. The number of hydrogen-bond donors (Lipinski definition) is 1. The molecule has 0 saturated heterocycles. The fourth-order valence-electron chi connectivity index (χ4n) is 1.80. The summed E-state index contributed by atoms with van der Waals surface area (Å²) in [6.45, 7) is 0.297. The van der Waals surface area contributed by atoms with Gasteiger partial charge in [0.15, 0.2) is 0 Å². The van der Waals surface area contributed by atoms with Gasteiger partial charge >= 0.3 is 6.18 Å². The van der Waals surface area contributed by atoms with Gasteiger partial charge in [-0.3, -0.25) is 4.79 Å². The number of aliphatic hydroxyl groups excluding tert-OH is 1. The van der Waals surface area contributed by atoms with Crippen LogP contribution in [0.15, 0.2) is 42.7 Å². The zero-order valence-electron chi connectivity index (χ0n) is 10.4. The lowest BCUT2D eigenvalue weighted by molar-refractivity contribution is -0.0885. The van der Waals surface area contributed by atoms with Crippen molar-refractivity contribution in [2.45, 2.75) is 19.3 Å². The van der Waals surface area contributed by atoms with Crippen molar-refractivity contribution in [3.63, 3.8) is 0 Å². The number of carbonyl (C=O) groups excluding carboxylic acids is 1. The molecule has 0 aliphatic carbocycles. The minimum atomic E-state index is -4.85. The summed E-state index contributed by atoms with van der Waals surface area (Å²) in [4.78, 5) is 11.0. The van der Waals surface area contributed by atoms with Crippen LogP contribution in [0.1, 0.15) is 21.5 Å². The van der Waals surface area contributed by atoms with Crippen LogP contribution in [-0.2, 0) is 13.2 Å². The molecular weight excluding hydrogens is 271 g/mol. The van der Waals surface area contributed by atoms with E-state index in [4.69, 9.17) is 5.11 Å². The summed E-state index contributed by atoms with van der Waals surface area (Å²) in [6.07, 6.45) is -2.25. The number of alkyl halides is 3. The molecule has 0 saturated carbocycles. The number of hydrogen-bond acceptors (Lipinski definition) is 2. The van der Waals surface area contributed by atoms with E-state index in [-0.39, 0.29) is 12.2 Å². The van der Waals surface area contributed by atoms with Crippen LogP contribution in [0.4, 0.5) is 13.2 Å². The number of aliphatic hydroxyl groups is 1. The fourth-order valence-corrected chi connectivity index (χ4v) is 1.80. The van der Waals surface area contributed by atoms with Gasteiger partial charge in [0.2, 0.25) is 0 Å². The number of nitrogens with zero attached hydrogens (tertiary/aromatic N) is 1. The summed E-state index contributed by atoms with van der Waals surface area (Å²) in [5.41, 5.74) is 1.25. The Bertz CT molecular complexity index is 600. The highest BCUT2D eigenvalue weighted by Gasteiger charge is 2.39. The largest absolute Gasteiger partial charge is 0.454 e. The van der Waals surface area contributed by atoms with Gasteiger partial charge in [-0.15, -0.1) is 0 Å². The van der Waals surface area contributed by atoms with Gasteiger partial charge in [-0.25, -0.2) is 0 Å². The van der Waals surface area contributed by atoms with Crippen molar-refractivity contribution in [3.05, 3.63) is 59.4 Å². The van der Waals surface area contributed by atoms with Gasteiger partial charge in [0.25, 0.3) is 5.78 Å². The van der Waals surface area contributed by atoms with Gasteiger partial charge in [-0.1, -0.05) is 24.3 Å². The van der Waals surface area contributed by atoms with E-state index in [1.807, 2.05) is 0 Å². The molecule has 1 aromatic carbocycles. The molecular formula is C14H12F3NO2. The van der Waals surface area contributed by atoms with Crippen LogP contribution < -0.4 is 0 Å². The van der Waals surface area contributed by atoms with E-state index in [0.29, 0.717) is 6.54 Å². The number of benzene rings is 1. The molecule has 1 aromatic heterocycles. The summed E-state index contributed by atoms with van der Waals surface area (Å²) >= 11 is 0. The minimum Gasteiger partial charge on any atom is -0.392 e. The van der Waals surface area contributed by atoms with Gasteiger partial charge in [0.1, 0.15) is 0 Å². The maximum Gasteiger partial charge on any atom is 0.454 e. The van der Waals surface area contributed by atoms with Crippen LogP contribution in [0.2, 0.25) is 0 Å². The predicted octanol–water partition coefficient (Wildman–Crippen LogP) is 2.77. The van der Waals surface area contributed by atoms with Gasteiger partial charge in [0, 0.05) is 24.5 Å². The number of carbonyl (C=O) groups is 1. The summed E-state index contributed by atoms with van der Waals surface area (Å²) in [6, 6.07) is 8.17. The van der Waals surface area contributed by atoms with Crippen molar-refractivity contribution in [1.29, 1.82) is 0 Å². The fraction of sp³-hybridized carbons (Fsp3) is 0.214. The standard InChI is InChI=1S/C14H12F3NO2/c15-14(16,17)13(20)12-5-6-18(8-12)7-10-1-3-11(9-19)4-2-10/h1-6,8,19H,7,9H2. The van der Waals surface area contributed by atoms with Crippen LogP contribution in [0, 0.1) is 0 Å². The van der Waals surface area contributed by atoms with Crippen molar-refractivity contribution < 1.29 is 23.1 Å². The maximum absolute atomic E-state index is 12.3. The Balaban J connectivity index is 2.11. The Morgan fingerprint density at radius 3 is 2.25 bits per heavy atom. The molecule has 0 radical (unpaired) electrons. The molecule has 0 aliphatic heterocycles. The van der Waals surface area contributed by atoms with E-state index >= 15 is 0 Å². The third kappa shape index (κ3) is 3.27. The number of Topliss-reactive ketones (excluding diaryl/α,β-unsaturated/α-hetero) is 1. The smallest absolute Gasteiger partial charge is 0.392 e. The second kappa shape index (κ2) is 5.50. The molecule has 106 valence electrons. The Hall–Kier alpha value is -2.08. The molecule has 2 aromatic rings. The molecule has 6 heteroatoms. The Labute approximate surface area is 113 Å². The molecule has 0 aliphatic rings. The molecule has 3 nitrogen and oxygen atoms in total. The number of aromatic nitrogens is 1. The van der Waals surface area contributed by atoms with Gasteiger partial charge in [0.05, 0.1) is 6.61 Å². The molecule has 1 N–H and O–H groups in total. The quantitative estimate of drug-likeness (QED) is 0.877. The zero-order chi connectivity index (χ0) is 14.8. The molecule has 0 bridgehead atoms. The highest BCUT2D eigenvalue weighted by molar-refractivity contribution is 6.00. The zero-order valence-corrected chi connectivity index (χ0v) is 10.4. The maximum atomic E-state index is 12.3. The van der Waals surface area contributed by atoms with Crippen molar-refractivity contribution >= 4 is 5.78 Å². The lowest BCUT2D eigenvalue weighted by atomic mass is 10.1. The Kier molecular flexibility index (Phi) is 3.94. The highest BCUT2D eigenvalue weighted by Crippen LogP contribution is 2.21. The normalized spacial score (nSPS) is 11.6. The molecule has 2 rings (SSSR count). The van der Waals surface area contributed by atoms with Crippen molar-refractivity contribution in [3.8, 4) is 0 Å². The molecule has 0 atom stereocenters. The second-order valence-electron chi connectivity index (χ2n) is 4.37. The summed E-state index contributed by atoms with van der Waals surface area (Å²) < 4.78 is 38.3. The van der Waals surface area contributed by atoms with E-state index < -0.39 is 12.0 Å². The summed E-state index contributed by atoms with van der Waals surface area (Å²) in [7, 11) is 0. The molecule has 0 unspecified atom stereocenters. The van der Waals surface area contributed by atoms with Crippen molar-refractivity contribution in [2.24, 2.45) is 0 Å². The lowest BCUT2D eigenvalue weighted by Gasteiger charge is -2.05. The lowest BCUT2D eigenvalue weighted by Crippen LogP contribution is -2.22. The number of ketones is 1. The summed E-state index contributed by atoms with van der Waals surface area (Å²) in [5, 5.41) is 8.91. The first-order valence-corrected chi connectivity index (χ1v) is 5.86. The molecule has 0 fully saturated rings. The molecule has 20 heavy (non-hydrogen) atoms. The van der Waals surface area contributed by atoms with Crippen LogP contribution in [0.25, 0.3) is 0 Å². The van der Waals surface area contributed by atoms with Crippen LogP contribution >= 0.6 is 0 Å². The van der Waals surface area contributed by atoms with E-state index in [1.165, 1.54) is 17.0 Å². The van der Waals surface area contributed by atoms with Crippen molar-refractivity contribution in [1.82, 2.24) is 4.57 Å². The average Bonchev–Trinajstić information content (AvgIpc) is 2.86. The van der Waals surface area contributed by atoms with E-state index in [9.17, 15) is 18.0 Å².